The molecule has 1 saturated heterocycles. The molecule has 4 heterocycles. The topological polar surface area (TPSA) is 79.1 Å². The SMILES string of the molecule is CCOC1N=CC(C2CC(C)C3C(=O)N(C4C=NN(CC(F)(F)F)C4)C(CC)C3=N2)CC1OC. The molecule has 4 aliphatic rings. The van der Waals surface area contributed by atoms with Crippen LogP contribution >= 0.6 is 0 Å². The summed E-state index contributed by atoms with van der Waals surface area (Å²) in [6.45, 7) is 5.46. The number of methoxy groups -OCH3 is 1. The van der Waals surface area contributed by atoms with Gasteiger partial charge in [-0.15, -0.1) is 0 Å². The summed E-state index contributed by atoms with van der Waals surface area (Å²) in [7, 11) is 1.66. The van der Waals surface area contributed by atoms with Crippen molar-refractivity contribution < 1.29 is 27.4 Å². The fourth-order valence-corrected chi connectivity index (χ4v) is 5.80. The van der Waals surface area contributed by atoms with Gasteiger partial charge in [-0.25, -0.2) is 0 Å². The molecule has 34 heavy (non-hydrogen) atoms. The maximum Gasteiger partial charge on any atom is 0.407 e. The predicted molar refractivity (Wildman–Crippen MR) is 122 cm³/mol. The van der Waals surface area contributed by atoms with Crippen molar-refractivity contribution in [2.45, 2.75) is 76.7 Å². The number of carbonyl (C=O) groups excluding carboxylic acids is 1. The molecule has 0 aliphatic carbocycles. The minimum atomic E-state index is -4.34. The Morgan fingerprint density at radius 1 is 1.21 bits per heavy atom. The lowest BCUT2D eigenvalue weighted by Gasteiger charge is -2.36. The van der Waals surface area contributed by atoms with Crippen LogP contribution in [-0.2, 0) is 14.3 Å². The van der Waals surface area contributed by atoms with E-state index in [0.717, 1.165) is 23.6 Å². The zero-order valence-electron chi connectivity index (χ0n) is 20.1. The van der Waals surface area contributed by atoms with Crippen LogP contribution in [-0.4, -0.2) is 97.4 Å². The lowest BCUT2D eigenvalue weighted by atomic mass is 9.77. The third-order valence-electron chi connectivity index (χ3n) is 7.30. The van der Waals surface area contributed by atoms with E-state index in [2.05, 4.69) is 17.0 Å². The number of ether oxygens (including phenoxy) is 2. The van der Waals surface area contributed by atoms with Gasteiger partial charge in [0.05, 0.1) is 30.6 Å². The van der Waals surface area contributed by atoms with Crippen LogP contribution in [0.4, 0.5) is 13.2 Å². The molecule has 0 N–H and O–H groups in total. The molecule has 4 aliphatic heterocycles. The molecule has 0 aromatic carbocycles. The quantitative estimate of drug-likeness (QED) is 0.556. The summed E-state index contributed by atoms with van der Waals surface area (Å²) in [5.41, 5.74) is 0.855. The summed E-state index contributed by atoms with van der Waals surface area (Å²) >= 11 is 0. The molecule has 1 fully saturated rings. The molecule has 0 saturated carbocycles. The van der Waals surface area contributed by atoms with Gasteiger partial charge in [-0.05, 0) is 32.1 Å². The summed E-state index contributed by atoms with van der Waals surface area (Å²) < 4.78 is 49.8. The van der Waals surface area contributed by atoms with Crippen LogP contribution in [0.25, 0.3) is 0 Å². The van der Waals surface area contributed by atoms with Gasteiger partial charge in [-0.2, -0.15) is 18.3 Å². The van der Waals surface area contributed by atoms with Crippen molar-refractivity contribution in [1.82, 2.24) is 9.91 Å². The number of carbonyl (C=O) groups is 1. The first-order valence-corrected chi connectivity index (χ1v) is 12.1. The van der Waals surface area contributed by atoms with E-state index in [1.54, 1.807) is 12.0 Å². The fraction of sp³-hybridized carbons (Fsp3) is 0.826. The third-order valence-corrected chi connectivity index (χ3v) is 7.30. The number of likely N-dealkylation sites (tertiary alicyclic amines) is 1. The highest BCUT2D eigenvalue weighted by Crippen LogP contribution is 2.40. The Hall–Kier alpha value is -2.01. The van der Waals surface area contributed by atoms with E-state index < -0.39 is 18.8 Å². The van der Waals surface area contributed by atoms with Gasteiger partial charge in [-0.1, -0.05) is 13.8 Å². The average Bonchev–Trinajstić information content (AvgIpc) is 3.34. The monoisotopic (exact) mass is 485 g/mol. The summed E-state index contributed by atoms with van der Waals surface area (Å²) in [5.74, 6) is -0.228. The molecule has 0 radical (unpaired) electrons. The van der Waals surface area contributed by atoms with Crippen LogP contribution < -0.4 is 0 Å². The Morgan fingerprint density at radius 2 is 1.97 bits per heavy atom. The van der Waals surface area contributed by atoms with Crippen LogP contribution in [0.3, 0.4) is 0 Å². The first-order valence-electron chi connectivity index (χ1n) is 12.1. The fourth-order valence-electron chi connectivity index (χ4n) is 5.80. The number of hydrogen-bond donors (Lipinski definition) is 0. The number of nitrogens with zero attached hydrogens (tertiary/aromatic N) is 5. The van der Waals surface area contributed by atoms with Gasteiger partial charge in [0.2, 0.25) is 5.91 Å². The molecular weight excluding hydrogens is 451 g/mol. The molecule has 8 unspecified atom stereocenters. The van der Waals surface area contributed by atoms with Gasteiger partial charge in [0.25, 0.3) is 0 Å². The summed E-state index contributed by atoms with van der Waals surface area (Å²) in [4.78, 5) is 24.9. The van der Waals surface area contributed by atoms with E-state index in [1.165, 1.54) is 6.21 Å². The molecule has 0 bridgehead atoms. The van der Waals surface area contributed by atoms with E-state index in [0.29, 0.717) is 13.0 Å². The molecule has 4 rings (SSSR count). The highest BCUT2D eigenvalue weighted by atomic mass is 19.4. The Labute approximate surface area is 198 Å². The number of rotatable bonds is 7. The van der Waals surface area contributed by atoms with Crippen molar-refractivity contribution >= 4 is 24.0 Å². The summed E-state index contributed by atoms with van der Waals surface area (Å²) in [6, 6.07) is -0.745. The van der Waals surface area contributed by atoms with Crippen molar-refractivity contribution in [3.8, 4) is 0 Å². The standard InChI is InChI=1S/C23H34F3N5O3/c1-5-17-20-19(22(32)31(17)15-10-28-30(11-15)12-23(24,25)26)13(3)7-16(29-20)14-8-18(33-4)21(27-9-14)34-6-2/h9-10,13-19,21H,5-8,11-12H2,1-4H3. The zero-order chi connectivity index (χ0) is 24.6. The molecule has 8 atom stereocenters. The second-order valence-corrected chi connectivity index (χ2v) is 9.59. The number of aliphatic imine (C=N–C) groups is 2. The van der Waals surface area contributed by atoms with Gasteiger partial charge in [0, 0.05) is 37.8 Å². The minimum Gasteiger partial charge on any atom is -0.377 e. The molecule has 190 valence electrons. The number of fused-ring (bicyclic) bond motifs is 1. The van der Waals surface area contributed by atoms with Gasteiger partial charge >= 0.3 is 6.18 Å². The van der Waals surface area contributed by atoms with Crippen molar-refractivity contribution in [3.05, 3.63) is 0 Å². The second kappa shape index (κ2) is 9.93. The summed E-state index contributed by atoms with van der Waals surface area (Å²) in [5, 5.41) is 4.91. The number of alkyl halides is 3. The molecule has 11 heteroatoms. The summed E-state index contributed by atoms with van der Waals surface area (Å²) in [6.07, 6.45) is 0.712. The largest absolute Gasteiger partial charge is 0.407 e. The minimum absolute atomic E-state index is 0.0222. The highest BCUT2D eigenvalue weighted by Gasteiger charge is 2.52. The van der Waals surface area contributed by atoms with E-state index in [9.17, 15) is 18.0 Å². The Balaban J connectivity index is 1.54. The molecule has 1 amide bonds. The van der Waals surface area contributed by atoms with Gasteiger partial charge in [0.1, 0.15) is 12.6 Å². The predicted octanol–water partition coefficient (Wildman–Crippen LogP) is 2.77. The van der Waals surface area contributed by atoms with Crippen LogP contribution in [0.2, 0.25) is 0 Å². The Kier molecular flexibility index (Phi) is 7.33. The Morgan fingerprint density at radius 3 is 2.62 bits per heavy atom. The molecule has 0 aromatic heterocycles. The lowest BCUT2D eigenvalue weighted by Crippen LogP contribution is -2.47. The second-order valence-electron chi connectivity index (χ2n) is 9.59. The van der Waals surface area contributed by atoms with Crippen molar-refractivity contribution in [3.63, 3.8) is 0 Å². The molecule has 0 spiro atoms. The van der Waals surface area contributed by atoms with Crippen LogP contribution in [0.1, 0.15) is 40.0 Å². The van der Waals surface area contributed by atoms with E-state index in [1.807, 2.05) is 20.1 Å². The first-order chi connectivity index (χ1) is 16.2. The first kappa shape index (κ1) is 25.1. The average molecular weight is 486 g/mol. The van der Waals surface area contributed by atoms with Gasteiger partial charge < -0.3 is 14.4 Å². The maximum atomic E-state index is 13.5. The van der Waals surface area contributed by atoms with Crippen molar-refractivity contribution in [1.29, 1.82) is 0 Å². The molecule has 8 nitrogen and oxygen atoms in total. The van der Waals surface area contributed by atoms with E-state index in [-0.39, 0.29) is 54.6 Å². The zero-order valence-corrected chi connectivity index (χ0v) is 20.1. The number of halogens is 3. The van der Waals surface area contributed by atoms with Crippen molar-refractivity contribution in [2.75, 3.05) is 26.8 Å². The maximum absolute atomic E-state index is 13.5. The smallest absolute Gasteiger partial charge is 0.377 e. The number of hydrazone groups is 1. The van der Waals surface area contributed by atoms with E-state index in [4.69, 9.17) is 14.5 Å². The van der Waals surface area contributed by atoms with Gasteiger partial charge in [-0.3, -0.25) is 19.8 Å². The molecule has 0 aromatic rings. The highest BCUT2D eigenvalue weighted by molar-refractivity contribution is 6.14. The number of hydrogen-bond acceptors (Lipinski definition) is 7. The van der Waals surface area contributed by atoms with Crippen LogP contribution in [0.15, 0.2) is 15.1 Å². The molecular formula is C23H34F3N5O3. The normalized spacial score (nSPS) is 38.0. The third kappa shape index (κ3) is 4.86. The lowest BCUT2D eigenvalue weighted by molar-refractivity contribution is -0.146. The van der Waals surface area contributed by atoms with Crippen LogP contribution in [0, 0.1) is 17.8 Å². The van der Waals surface area contributed by atoms with E-state index >= 15 is 0 Å². The Bertz CT molecular complexity index is 848. The number of amides is 1. The van der Waals surface area contributed by atoms with Gasteiger partial charge in [0.15, 0.2) is 6.23 Å². The van der Waals surface area contributed by atoms with Crippen molar-refractivity contribution in [2.24, 2.45) is 32.8 Å². The van der Waals surface area contributed by atoms with Crippen LogP contribution in [0.5, 0.6) is 0 Å².